The Balaban J connectivity index is 2.62. The zero-order valence-corrected chi connectivity index (χ0v) is 14.8. The highest BCUT2D eigenvalue weighted by molar-refractivity contribution is 6.06. The van der Waals surface area contributed by atoms with Crippen LogP contribution < -0.4 is 0 Å². The van der Waals surface area contributed by atoms with Crippen molar-refractivity contribution >= 4 is 11.9 Å². The fourth-order valence-corrected chi connectivity index (χ4v) is 2.73. The van der Waals surface area contributed by atoms with Crippen molar-refractivity contribution in [2.24, 2.45) is 0 Å². The monoisotopic (exact) mass is 353 g/mol. The summed E-state index contributed by atoms with van der Waals surface area (Å²) in [7, 11) is 0. The molecule has 7 heteroatoms. The first-order chi connectivity index (χ1) is 12.4. The Morgan fingerprint density at radius 1 is 1.31 bits per heavy atom. The molecule has 0 aromatic carbocycles. The van der Waals surface area contributed by atoms with E-state index in [4.69, 9.17) is 10.00 Å². The van der Waals surface area contributed by atoms with Gasteiger partial charge < -0.3 is 9.84 Å². The van der Waals surface area contributed by atoms with E-state index >= 15 is 0 Å². The highest BCUT2D eigenvalue weighted by Crippen LogP contribution is 2.31. The van der Waals surface area contributed by atoms with Gasteiger partial charge in [0.2, 0.25) is 0 Å². The summed E-state index contributed by atoms with van der Waals surface area (Å²) in [5.41, 5.74) is 1.47. The Kier molecular flexibility index (Phi) is 6.02. The Morgan fingerprint density at radius 2 is 2.00 bits per heavy atom. The molecule has 2 aromatic rings. The molecule has 0 radical (unpaired) electrons. The van der Waals surface area contributed by atoms with E-state index in [0.29, 0.717) is 23.4 Å². The predicted molar refractivity (Wildman–Crippen MR) is 93.6 cm³/mol. The van der Waals surface area contributed by atoms with Gasteiger partial charge in [0.15, 0.2) is 0 Å². The van der Waals surface area contributed by atoms with Crippen LogP contribution in [0.3, 0.4) is 0 Å². The summed E-state index contributed by atoms with van der Waals surface area (Å²) in [6.07, 6.45) is 3.24. The van der Waals surface area contributed by atoms with Crippen LogP contribution in [0, 0.1) is 25.2 Å². The number of aryl methyl sites for hydroxylation is 2. The van der Waals surface area contributed by atoms with Crippen molar-refractivity contribution in [1.82, 2.24) is 9.97 Å². The quantitative estimate of drug-likeness (QED) is 0.792. The van der Waals surface area contributed by atoms with Crippen molar-refractivity contribution in [3.63, 3.8) is 0 Å². The number of carbonyl (C=O) groups excluding carboxylic acids is 1. The molecule has 1 N–H and O–H groups in total. The molecular formula is C19H19N3O4. The minimum absolute atomic E-state index is 0.0553. The number of hydrogen-bond acceptors (Lipinski definition) is 6. The molecule has 0 aliphatic rings. The smallest absolute Gasteiger partial charge is 0.340 e. The van der Waals surface area contributed by atoms with E-state index in [-0.39, 0.29) is 23.1 Å². The number of rotatable bonds is 6. The average Bonchev–Trinajstić information content (AvgIpc) is 2.59. The average molecular weight is 353 g/mol. The van der Waals surface area contributed by atoms with Crippen molar-refractivity contribution in [2.75, 3.05) is 0 Å². The van der Waals surface area contributed by atoms with Crippen molar-refractivity contribution in [3.05, 3.63) is 47.0 Å². The largest absolute Gasteiger partial charge is 0.478 e. The first-order valence-electron chi connectivity index (χ1n) is 8.09. The number of aromatic carboxylic acids is 1. The van der Waals surface area contributed by atoms with E-state index in [2.05, 4.69) is 9.97 Å². The number of carboxylic acids is 1. The zero-order valence-electron chi connectivity index (χ0n) is 14.8. The third kappa shape index (κ3) is 4.03. The van der Waals surface area contributed by atoms with Gasteiger partial charge in [-0.2, -0.15) is 5.26 Å². The molecule has 2 aromatic heterocycles. The standard InChI is InChI=1S/C19H19N3O4/c1-11(6-4-8-20)26-19(25)16-13(3)22-12(2)15(18(23)24)17(16)14-7-5-9-21-10-14/h5,7,9-11H,4,6H2,1-3H3,(H,23,24). The summed E-state index contributed by atoms with van der Waals surface area (Å²) in [5.74, 6) is -1.85. The lowest BCUT2D eigenvalue weighted by Gasteiger charge is -2.18. The van der Waals surface area contributed by atoms with Gasteiger partial charge in [0, 0.05) is 29.9 Å². The number of nitriles is 1. The molecule has 134 valence electrons. The summed E-state index contributed by atoms with van der Waals surface area (Å²) in [6.45, 7) is 4.91. The van der Waals surface area contributed by atoms with Crippen LogP contribution in [0.1, 0.15) is 51.9 Å². The highest BCUT2D eigenvalue weighted by atomic mass is 16.5. The van der Waals surface area contributed by atoms with Crippen LogP contribution in [0.4, 0.5) is 0 Å². The first-order valence-corrected chi connectivity index (χ1v) is 8.09. The number of esters is 1. The van der Waals surface area contributed by atoms with Gasteiger partial charge in [-0.25, -0.2) is 9.59 Å². The van der Waals surface area contributed by atoms with Gasteiger partial charge in [0.25, 0.3) is 0 Å². The van der Waals surface area contributed by atoms with Gasteiger partial charge in [0.1, 0.15) is 6.10 Å². The van der Waals surface area contributed by atoms with E-state index in [1.165, 1.54) is 6.20 Å². The lowest BCUT2D eigenvalue weighted by Crippen LogP contribution is -2.20. The van der Waals surface area contributed by atoms with Crippen LogP contribution in [0.2, 0.25) is 0 Å². The molecule has 26 heavy (non-hydrogen) atoms. The summed E-state index contributed by atoms with van der Waals surface area (Å²) in [5, 5.41) is 18.3. The molecule has 0 spiro atoms. The summed E-state index contributed by atoms with van der Waals surface area (Å²) < 4.78 is 5.41. The third-order valence-electron chi connectivity index (χ3n) is 3.90. The number of pyridine rings is 2. The molecule has 0 fully saturated rings. The molecule has 7 nitrogen and oxygen atoms in total. The number of ether oxygens (including phenoxy) is 1. The van der Waals surface area contributed by atoms with E-state index in [1.807, 2.05) is 6.07 Å². The predicted octanol–water partition coefficient (Wildman–Crippen LogP) is 3.31. The van der Waals surface area contributed by atoms with Gasteiger partial charge in [-0.15, -0.1) is 0 Å². The first kappa shape index (κ1) is 19.1. The second-order valence-corrected chi connectivity index (χ2v) is 5.87. The molecule has 0 bridgehead atoms. The van der Waals surface area contributed by atoms with Crippen LogP contribution >= 0.6 is 0 Å². The van der Waals surface area contributed by atoms with Crippen LogP contribution in [0.15, 0.2) is 24.5 Å². The summed E-state index contributed by atoms with van der Waals surface area (Å²) in [6, 6.07) is 5.35. The van der Waals surface area contributed by atoms with E-state index < -0.39 is 18.0 Å². The second-order valence-electron chi connectivity index (χ2n) is 5.87. The number of carbonyl (C=O) groups is 2. The number of carboxylic acid groups (broad SMARTS) is 1. The third-order valence-corrected chi connectivity index (χ3v) is 3.90. The van der Waals surface area contributed by atoms with Gasteiger partial charge in [0.05, 0.1) is 28.6 Å². The minimum Gasteiger partial charge on any atom is -0.478 e. The normalized spacial score (nSPS) is 11.5. The van der Waals surface area contributed by atoms with Gasteiger partial charge in [-0.1, -0.05) is 6.07 Å². The molecule has 0 aliphatic carbocycles. The van der Waals surface area contributed by atoms with Crippen molar-refractivity contribution in [2.45, 2.75) is 39.7 Å². The van der Waals surface area contributed by atoms with E-state index in [1.54, 1.807) is 39.1 Å². The van der Waals surface area contributed by atoms with Crippen LogP contribution in [0.25, 0.3) is 11.1 Å². The zero-order chi connectivity index (χ0) is 19.3. The molecule has 1 unspecified atom stereocenters. The van der Waals surface area contributed by atoms with Gasteiger partial charge in [-0.05, 0) is 33.3 Å². The molecule has 0 aliphatic heterocycles. The SMILES string of the molecule is Cc1nc(C)c(C(=O)OC(C)CCC#N)c(-c2cccnc2)c1C(=O)O. The molecule has 2 heterocycles. The maximum atomic E-state index is 12.8. The lowest BCUT2D eigenvalue weighted by molar-refractivity contribution is 0.0327. The lowest BCUT2D eigenvalue weighted by atomic mass is 9.93. The second kappa shape index (κ2) is 8.21. The Hall–Kier alpha value is -3.27. The van der Waals surface area contributed by atoms with Crippen molar-refractivity contribution in [1.29, 1.82) is 5.26 Å². The summed E-state index contributed by atoms with van der Waals surface area (Å²) >= 11 is 0. The van der Waals surface area contributed by atoms with E-state index in [0.717, 1.165) is 0 Å². The summed E-state index contributed by atoms with van der Waals surface area (Å²) in [4.78, 5) is 32.8. The fourth-order valence-electron chi connectivity index (χ4n) is 2.73. The van der Waals surface area contributed by atoms with Crippen LogP contribution in [0.5, 0.6) is 0 Å². The van der Waals surface area contributed by atoms with Crippen LogP contribution in [-0.4, -0.2) is 33.1 Å². The fraction of sp³-hybridized carbons (Fsp3) is 0.316. The van der Waals surface area contributed by atoms with Crippen molar-refractivity contribution < 1.29 is 19.4 Å². The molecule has 0 saturated heterocycles. The van der Waals surface area contributed by atoms with Gasteiger partial charge >= 0.3 is 11.9 Å². The molecule has 1 atom stereocenters. The van der Waals surface area contributed by atoms with Crippen LogP contribution in [-0.2, 0) is 4.74 Å². The number of aromatic nitrogens is 2. The molecule has 0 saturated carbocycles. The number of nitrogens with zero attached hydrogens (tertiary/aromatic N) is 3. The topological polar surface area (TPSA) is 113 Å². The highest BCUT2D eigenvalue weighted by Gasteiger charge is 2.27. The van der Waals surface area contributed by atoms with Gasteiger partial charge in [-0.3, -0.25) is 9.97 Å². The number of hydrogen-bond donors (Lipinski definition) is 1. The Morgan fingerprint density at radius 3 is 2.58 bits per heavy atom. The Labute approximate surface area is 151 Å². The Bertz CT molecular complexity index is 873. The molecular weight excluding hydrogens is 334 g/mol. The molecule has 2 rings (SSSR count). The minimum atomic E-state index is -1.18. The molecule has 0 amide bonds. The maximum Gasteiger partial charge on any atom is 0.340 e. The maximum absolute atomic E-state index is 12.8. The van der Waals surface area contributed by atoms with E-state index in [9.17, 15) is 14.7 Å². The van der Waals surface area contributed by atoms with Crippen molar-refractivity contribution in [3.8, 4) is 17.2 Å².